The van der Waals surface area contributed by atoms with E-state index in [4.69, 9.17) is 10.5 Å². The topological polar surface area (TPSA) is 35.2 Å². The van der Waals surface area contributed by atoms with Gasteiger partial charge in [-0.25, -0.2) is 0 Å². The highest BCUT2D eigenvalue weighted by Crippen LogP contribution is 2.28. The lowest BCUT2D eigenvalue weighted by molar-refractivity contribution is 0.301. The van der Waals surface area contributed by atoms with Gasteiger partial charge in [-0.15, -0.1) is 0 Å². The van der Waals surface area contributed by atoms with Crippen molar-refractivity contribution in [3.63, 3.8) is 0 Å². The summed E-state index contributed by atoms with van der Waals surface area (Å²) >= 11 is 0. The molecule has 0 heterocycles. The molecule has 0 spiro atoms. The Kier molecular flexibility index (Phi) is 3.56. The van der Waals surface area contributed by atoms with Crippen molar-refractivity contribution >= 4 is 5.69 Å². The highest BCUT2D eigenvalue weighted by molar-refractivity contribution is 5.56. The van der Waals surface area contributed by atoms with Crippen LogP contribution in [-0.2, 0) is 6.61 Å². The maximum atomic E-state index is 5.94. The predicted molar refractivity (Wildman–Crippen MR) is 75.8 cm³/mol. The van der Waals surface area contributed by atoms with E-state index in [0.29, 0.717) is 6.61 Å². The molecule has 0 fully saturated rings. The molecule has 0 atom stereocenters. The minimum absolute atomic E-state index is 0.581. The van der Waals surface area contributed by atoms with E-state index in [0.717, 1.165) is 22.6 Å². The van der Waals surface area contributed by atoms with Crippen LogP contribution in [-0.4, -0.2) is 0 Å². The van der Waals surface area contributed by atoms with Crippen molar-refractivity contribution in [3.05, 3.63) is 58.7 Å². The molecule has 0 aliphatic carbocycles. The molecule has 0 radical (unpaired) electrons. The fourth-order valence-corrected chi connectivity index (χ4v) is 1.99. The molecular formula is C16H19NO. The van der Waals surface area contributed by atoms with E-state index in [1.807, 2.05) is 38.1 Å². The van der Waals surface area contributed by atoms with Gasteiger partial charge in [0.2, 0.25) is 0 Å². The zero-order chi connectivity index (χ0) is 13.1. The fraction of sp³-hybridized carbons (Fsp3) is 0.250. The average molecular weight is 241 g/mol. The van der Waals surface area contributed by atoms with E-state index in [1.54, 1.807) is 0 Å². The van der Waals surface area contributed by atoms with Crippen molar-refractivity contribution in [2.45, 2.75) is 27.4 Å². The Morgan fingerprint density at radius 2 is 1.67 bits per heavy atom. The van der Waals surface area contributed by atoms with E-state index in [-0.39, 0.29) is 0 Å². The van der Waals surface area contributed by atoms with E-state index < -0.39 is 0 Å². The molecule has 0 amide bonds. The van der Waals surface area contributed by atoms with Crippen LogP contribution in [0.5, 0.6) is 5.75 Å². The predicted octanol–water partition coefficient (Wildman–Crippen LogP) is 3.77. The summed E-state index contributed by atoms with van der Waals surface area (Å²) in [5.74, 6) is 0.901. The van der Waals surface area contributed by atoms with Gasteiger partial charge >= 0.3 is 0 Å². The van der Waals surface area contributed by atoms with Gasteiger partial charge < -0.3 is 10.5 Å². The molecule has 2 aromatic rings. The lowest BCUT2D eigenvalue weighted by Crippen LogP contribution is -2.02. The molecule has 0 unspecified atom stereocenters. The molecule has 0 aliphatic heterocycles. The number of rotatable bonds is 3. The van der Waals surface area contributed by atoms with Crippen LogP contribution in [0.15, 0.2) is 36.4 Å². The summed E-state index contributed by atoms with van der Waals surface area (Å²) in [7, 11) is 0. The minimum atomic E-state index is 0.581. The van der Waals surface area contributed by atoms with Crippen LogP contribution in [0, 0.1) is 20.8 Å². The second-order valence-corrected chi connectivity index (χ2v) is 4.64. The summed E-state index contributed by atoms with van der Waals surface area (Å²) in [6, 6.07) is 12.2. The fourth-order valence-electron chi connectivity index (χ4n) is 1.99. The van der Waals surface area contributed by atoms with Crippen molar-refractivity contribution in [2.75, 3.05) is 5.73 Å². The molecule has 94 valence electrons. The van der Waals surface area contributed by atoms with Crippen LogP contribution < -0.4 is 10.5 Å². The van der Waals surface area contributed by atoms with Crippen molar-refractivity contribution in [3.8, 4) is 5.75 Å². The van der Waals surface area contributed by atoms with Gasteiger partial charge in [0.1, 0.15) is 12.4 Å². The van der Waals surface area contributed by atoms with Gasteiger partial charge in [-0.2, -0.15) is 0 Å². The van der Waals surface area contributed by atoms with E-state index >= 15 is 0 Å². The van der Waals surface area contributed by atoms with Crippen molar-refractivity contribution in [1.82, 2.24) is 0 Å². The number of hydrogen-bond acceptors (Lipinski definition) is 2. The van der Waals surface area contributed by atoms with Crippen LogP contribution in [0.4, 0.5) is 5.69 Å². The Hall–Kier alpha value is -1.96. The molecule has 2 heteroatoms. The number of benzene rings is 2. The largest absolute Gasteiger partial charge is 0.488 e. The Labute approximate surface area is 108 Å². The average Bonchev–Trinajstić information content (AvgIpc) is 2.36. The third kappa shape index (κ3) is 2.48. The second kappa shape index (κ2) is 5.13. The standard InChI is InChI=1S/C16H19NO/c1-11-6-4-5-7-14(11)10-18-16-12(2)8-9-15(17)13(16)3/h4-9H,10,17H2,1-3H3. The molecule has 0 saturated heterocycles. The lowest BCUT2D eigenvalue weighted by Gasteiger charge is -2.14. The summed E-state index contributed by atoms with van der Waals surface area (Å²) < 4.78 is 5.94. The molecule has 2 rings (SSSR count). The van der Waals surface area contributed by atoms with Gasteiger partial charge in [-0.1, -0.05) is 30.3 Å². The monoisotopic (exact) mass is 241 g/mol. The van der Waals surface area contributed by atoms with Gasteiger partial charge in [0.15, 0.2) is 0 Å². The van der Waals surface area contributed by atoms with Crippen LogP contribution in [0.25, 0.3) is 0 Å². The zero-order valence-electron chi connectivity index (χ0n) is 11.2. The molecule has 0 bridgehead atoms. The number of ether oxygens (including phenoxy) is 1. The first kappa shape index (κ1) is 12.5. The maximum Gasteiger partial charge on any atom is 0.127 e. The third-order valence-electron chi connectivity index (χ3n) is 3.28. The molecule has 0 aliphatic rings. The first-order chi connectivity index (χ1) is 8.59. The first-order valence-electron chi connectivity index (χ1n) is 6.12. The van der Waals surface area contributed by atoms with E-state index in [2.05, 4.69) is 19.1 Å². The maximum absolute atomic E-state index is 5.94. The Morgan fingerprint density at radius 1 is 0.944 bits per heavy atom. The molecule has 2 nitrogen and oxygen atoms in total. The normalized spacial score (nSPS) is 10.4. The molecule has 0 aromatic heterocycles. The molecule has 18 heavy (non-hydrogen) atoms. The quantitative estimate of drug-likeness (QED) is 0.830. The smallest absolute Gasteiger partial charge is 0.127 e. The summed E-state index contributed by atoms with van der Waals surface area (Å²) in [6.45, 7) is 6.71. The van der Waals surface area contributed by atoms with Crippen LogP contribution in [0.1, 0.15) is 22.3 Å². The second-order valence-electron chi connectivity index (χ2n) is 4.64. The summed E-state index contributed by atoms with van der Waals surface area (Å²) in [5.41, 5.74) is 11.3. The molecule has 0 saturated carbocycles. The van der Waals surface area contributed by atoms with E-state index in [1.165, 1.54) is 11.1 Å². The minimum Gasteiger partial charge on any atom is -0.488 e. The Balaban J connectivity index is 2.21. The number of nitrogens with two attached hydrogens (primary N) is 1. The van der Waals surface area contributed by atoms with Gasteiger partial charge in [0.05, 0.1) is 0 Å². The van der Waals surface area contributed by atoms with Gasteiger partial charge in [-0.3, -0.25) is 0 Å². The van der Waals surface area contributed by atoms with Gasteiger partial charge in [-0.05, 0) is 43.5 Å². The Bertz CT molecular complexity index is 561. The van der Waals surface area contributed by atoms with Gasteiger partial charge in [0.25, 0.3) is 0 Å². The van der Waals surface area contributed by atoms with Gasteiger partial charge in [0, 0.05) is 11.3 Å². The number of nitrogen functional groups attached to an aromatic ring is 1. The number of hydrogen-bond donors (Lipinski definition) is 1. The van der Waals surface area contributed by atoms with Crippen molar-refractivity contribution < 1.29 is 4.74 Å². The van der Waals surface area contributed by atoms with Crippen LogP contribution in [0.3, 0.4) is 0 Å². The summed E-state index contributed by atoms with van der Waals surface area (Å²) in [4.78, 5) is 0. The lowest BCUT2D eigenvalue weighted by atomic mass is 10.1. The molecule has 2 N–H and O–H groups in total. The van der Waals surface area contributed by atoms with E-state index in [9.17, 15) is 0 Å². The summed E-state index contributed by atoms with van der Waals surface area (Å²) in [6.07, 6.45) is 0. The first-order valence-corrected chi connectivity index (χ1v) is 6.12. The third-order valence-corrected chi connectivity index (χ3v) is 3.28. The summed E-state index contributed by atoms with van der Waals surface area (Å²) in [5, 5.41) is 0. The van der Waals surface area contributed by atoms with Crippen molar-refractivity contribution in [2.24, 2.45) is 0 Å². The number of aryl methyl sites for hydroxylation is 2. The molecular weight excluding hydrogens is 222 g/mol. The number of anilines is 1. The van der Waals surface area contributed by atoms with Crippen LogP contribution in [0.2, 0.25) is 0 Å². The van der Waals surface area contributed by atoms with Crippen molar-refractivity contribution in [1.29, 1.82) is 0 Å². The highest BCUT2D eigenvalue weighted by atomic mass is 16.5. The zero-order valence-corrected chi connectivity index (χ0v) is 11.2. The Morgan fingerprint density at radius 3 is 2.39 bits per heavy atom. The highest BCUT2D eigenvalue weighted by Gasteiger charge is 2.07. The van der Waals surface area contributed by atoms with Crippen LogP contribution >= 0.6 is 0 Å². The SMILES string of the molecule is Cc1ccccc1COc1c(C)ccc(N)c1C. The molecule has 2 aromatic carbocycles.